The van der Waals surface area contributed by atoms with Gasteiger partial charge in [0, 0.05) is 27.2 Å². The van der Waals surface area contributed by atoms with Crippen molar-refractivity contribution in [3.63, 3.8) is 0 Å². The fourth-order valence-corrected chi connectivity index (χ4v) is 5.60. The Bertz CT molecular complexity index is 1090. The number of imidazole rings is 1. The first-order valence-corrected chi connectivity index (χ1v) is 13.2. The molecular formula is C19H28N6O2S3. The molecule has 0 spiro atoms. The molecule has 164 valence electrons. The zero-order chi connectivity index (χ0) is 21.7. The number of thioether (sulfide) groups is 1. The maximum absolute atomic E-state index is 12.5. The summed E-state index contributed by atoms with van der Waals surface area (Å²) in [4.78, 5) is 5.00. The van der Waals surface area contributed by atoms with E-state index in [0.29, 0.717) is 11.3 Å². The number of aromatic nitrogens is 4. The first kappa shape index (κ1) is 23.0. The third-order valence-corrected chi connectivity index (χ3v) is 8.38. The van der Waals surface area contributed by atoms with Crippen LogP contribution in [0.3, 0.4) is 0 Å². The number of nitrogens with zero attached hydrogens (tertiary/aromatic N) is 5. The molecule has 2 aromatic heterocycles. The summed E-state index contributed by atoms with van der Waals surface area (Å²) in [6.45, 7) is 6.00. The van der Waals surface area contributed by atoms with Crippen LogP contribution in [0.5, 0.6) is 0 Å². The molecule has 11 heteroatoms. The Labute approximate surface area is 186 Å². The van der Waals surface area contributed by atoms with Crippen LogP contribution in [0, 0.1) is 0 Å². The number of hydrogen-bond acceptors (Lipinski definition) is 8. The van der Waals surface area contributed by atoms with Gasteiger partial charge in [-0.3, -0.25) is 0 Å². The Morgan fingerprint density at radius 1 is 1.20 bits per heavy atom. The van der Waals surface area contributed by atoms with E-state index in [9.17, 15) is 8.42 Å². The quantitative estimate of drug-likeness (QED) is 0.335. The van der Waals surface area contributed by atoms with Gasteiger partial charge in [0.1, 0.15) is 5.82 Å². The molecule has 0 atom stereocenters. The number of nitrogens with one attached hydrogen (secondary N) is 1. The Morgan fingerprint density at radius 3 is 2.70 bits per heavy atom. The second-order valence-electron chi connectivity index (χ2n) is 7.06. The maximum atomic E-state index is 12.5. The van der Waals surface area contributed by atoms with Crippen LogP contribution in [0.15, 0.2) is 27.4 Å². The van der Waals surface area contributed by atoms with Crippen LogP contribution in [0.2, 0.25) is 0 Å². The largest absolute Gasteiger partial charge is 0.360 e. The number of unbranched alkanes of at least 4 members (excludes halogenated alkanes) is 1. The Balaban J connectivity index is 1.81. The average Bonchev–Trinajstić information content (AvgIpc) is 3.31. The molecule has 8 nitrogen and oxygen atoms in total. The minimum Gasteiger partial charge on any atom is -0.360 e. The van der Waals surface area contributed by atoms with Crippen molar-refractivity contribution in [2.45, 2.75) is 54.6 Å². The van der Waals surface area contributed by atoms with E-state index < -0.39 is 10.0 Å². The van der Waals surface area contributed by atoms with Crippen LogP contribution in [0.25, 0.3) is 11.0 Å². The van der Waals surface area contributed by atoms with E-state index >= 15 is 0 Å². The minimum absolute atomic E-state index is 0.257. The van der Waals surface area contributed by atoms with Crippen molar-refractivity contribution in [1.82, 2.24) is 24.1 Å². The molecule has 0 bridgehead atoms. The van der Waals surface area contributed by atoms with Crippen molar-refractivity contribution in [2.24, 2.45) is 0 Å². The summed E-state index contributed by atoms with van der Waals surface area (Å²) in [5.41, 5.74) is 1.64. The van der Waals surface area contributed by atoms with E-state index in [1.807, 2.05) is 6.07 Å². The number of anilines is 1. The van der Waals surface area contributed by atoms with Crippen LogP contribution < -0.4 is 5.32 Å². The fraction of sp³-hybridized carbons (Fsp3) is 0.526. The van der Waals surface area contributed by atoms with Crippen molar-refractivity contribution < 1.29 is 8.42 Å². The Kier molecular flexibility index (Phi) is 7.72. The van der Waals surface area contributed by atoms with E-state index in [1.54, 1.807) is 35.2 Å². The van der Waals surface area contributed by atoms with Crippen LogP contribution in [0.1, 0.15) is 38.9 Å². The number of hydrogen-bond donors (Lipinski definition) is 1. The lowest BCUT2D eigenvalue weighted by atomic mass is 10.3. The van der Waals surface area contributed by atoms with Gasteiger partial charge >= 0.3 is 0 Å². The first-order chi connectivity index (χ1) is 14.4. The number of aryl methyl sites for hydroxylation is 1. The molecule has 3 rings (SSSR count). The topological polar surface area (TPSA) is 93.0 Å². The molecule has 1 N–H and O–H groups in total. The lowest BCUT2D eigenvalue weighted by Crippen LogP contribution is -2.22. The third kappa shape index (κ3) is 5.13. The van der Waals surface area contributed by atoms with E-state index in [4.69, 9.17) is 4.98 Å². The zero-order valence-corrected chi connectivity index (χ0v) is 20.2. The lowest BCUT2D eigenvalue weighted by Gasteiger charge is -2.11. The molecule has 3 aromatic rings. The van der Waals surface area contributed by atoms with E-state index in [1.165, 1.54) is 18.4 Å². The monoisotopic (exact) mass is 468 g/mol. The average molecular weight is 469 g/mol. The highest BCUT2D eigenvalue weighted by molar-refractivity contribution is 8.00. The molecular weight excluding hydrogens is 440 g/mol. The number of rotatable bonds is 11. The Morgan fingerprint density at radius 2 is 2.00 bits per heavy atom. The van der Waals surface area contributed by atoms with E-state index in [-0.39, 0.29) is 4.90 Å². The lowest BCUT2D eigenvalue weighted by molar-refractivity contribution is 0.521. The van der Waals surface area contributed by atoms with Gasteiger partial charge in [0.15, 0.2) is 4.34 Å². The predicted molar refractivity (Wildman–Crippen MR) is 124 cm³/mol. The standard InChI is InChI=1S/C19H28N6O2S3/c1-5-7-10-20-18-22-23-19(29-18)28-13-17-21-15-12-14(30(26,27)24(3)4)8-9-16(15)25(17)11-6-2/h8-9,12H,5-7,10-11,13H2,1-4H3,(H,20,22). The van der Waals surface area contributed by atoms with Crippen LogP contribution in [0.4, 0.5) is 5.13 Å². The summed E-state index contributed by atoms with van der Waals surface area (Å²) in [6, 6.07) is 5.16. The molecule has 0 radical (unpaired) electrons. The second-order valence-corrected chi connectivity index (χ2v) is 11.4. The van der Waals surface area contributed by atoms with Crippen LogP contribution in [-0.2, 0) is 22.3 Å². The maximum Gasteiger partial charge on any atom is 0.242 e. The van der Waals surface area contributed by atoms with Crippen molar-refractivity contribution in [1.29, 1.82) is 0 Å². The fourth-order valence-electron chi connectivity index (χ4n) is 2.95. The summed E-state index contributed by atoms with van der Waals surface area (Å²) in [5.74, 6) is 1.56. The van der Waals surface area contributed by atoms with Crippen molar-refractivity contribution in [3.05, 3.63) is 24.0 Å². The molecule has 0 aliphatic heterocycles. The summed E-state index contributed by atoms with van der Waals surface area (Å²) >= 11 is 3.14. The summed E-state index contributed by atoms with van der Waals surface area (Å²) in [7, 11) is -0.426. The van der Waals surface area contributed by atoms with Gasteiger partial charge in [-0.15, -0.1) is 10.2 Å². The van der Waals surface area contributed by atoms with Crippen molar-refractivity contribution in [2.75, 3.05) is 26.0 Å². The van der Waals surface area contributed by atoms with Gasteiger partial charge in [-0.25, -0.2) is 17.7 Å². The second kappa shape index (κ2) is 10.1. The molecule has 0 unspecified atom stereocenters. The first-order valence-electron chi connectivity index (χ1n) is 9.98. The van der Waals surface area contributed by atoms with Gasteiger partial charge in [0.2, 0.25) is 15.2 Å². The third-order valence-electron chi connectivity index (χ3n) is 4.56. The smallest absolute Gasteiger partial charge is 0.242 e. The van der Waals surface area contributed by atoms with Gasteiger partial charge in [-0.2, -0.15) is 0 Å². The van der Waals surface area contributed by atoms with Crippen LogP contribution in [-0.4, -0.2) is 53.1 Å². The molecule has 0 saturated heterocycles. The molecule has 0 saturated carbocycles. The predicted octanol–water partition coefficient (Wildman–Crippen LogP) is 4.05. The van der Waals surface area contributed by atoms with Gasteiger partial charge in [0.25, 0.3) is 0 Å². The molecule has 0 aliphatic carbocycles. The highest BCUT2D eigenvalue weighted by Gasteiger charge is 2.20. The van der Waals surface area contributed by atoms with Gasteiger partial charge in [-0.1, -0.05) is 43.4 Å². The number of fused-ring (bicyclic) bond motifs is 1. The van der Waals surface area contributed by atoms with Gasteiger partial charge in [0.05, 0.1) is 21.7 Å². The molecule has 30 heavy (non-hydrogen) atoms. The number of benzene rings is 1. The van der Waals surface area contributed by atoms with Crippen LogP contribution >= 0.6 is 23.1 Å². The highest BCUT2D eigenvalue weighted by atomic mass is 32.2. The van der Waals surface area contributed by atoms with E-state index in [0.717, 1.165) is 53.2 Å². The van der Waals surface area contributed by atoms with Crippen molar-refractivity contribution >= 4 is 49.3 Å². The molecule has 0 aliphatic rings. The molecule has 2 heterocycles. The highest BCUT2D eigenvalue weighted by Crippen LogP contribution is 2.30. The van der Waals surface area contributed by atoms with Crippen molar-refractivity contribution in [3.8, 4) is 0 Å². The zero-order valence-electron chi connectivity index (χ0n) is 17.8. The molecule has 1 aromatic carbocycles. The molecule has 0 fully saturated rings. The number of sulfonamides is 1. The molecule has 0 amide bonds. The SMILES string of the molecule is CCCCNc1nnc(SCc2nc3cc(S(=O)(=O)N(C)C)ccc3n2CCC)s1. The minimum atomic E-state index is -3.49. The Hall–Kier alpha value is -1.69. The summed E-state index contributed by atoms with van der Waals surface area (Å²) < 4.78 is 29.2. The van der Waals surface area contributed by atoms with E-state index in [2.05, 4.69) is 33.9 Å². The summed E-state index contributed by atoms with van der Waals surface area (Å²) in [6.07, 6.45) is 3.21. The van der Waals surface area contributed by atoms with Gasteiger partial charge in [-0.05, 0) is 31.0 Å². The van der Waals surface area contributed by atoms with Gasteiger partial charge < -0.3 is 9.88 Å². The normalized spacial score (nSPS) is 12.2. The summed E-state index contributed by atoms with van der Waals surface area (Å²) in [5, 5.41) is 12.6.